The standard InChI is InChI=1S/C14H11BrFNO3/c1-20-12-4-2-3-9(13(12)18)14(19)17-11-7-8(15)5-6-10(11)16/h2-7,18H,1H3,(H,17,19). The molecule has 0 spiro atoms. The summed E-state index contributed by atoms with van der Waals surface area (Å²) in [6.07, 6.45) is 0. The predicted molar refractivity (Wildman–Crippen MR) is 76.7 cm³/mol. The summed E-state index contributed by atoms with van der Waals surface area (Å²) in [4.78, 5) is 12.1. The van der Waals surface area contributed by atoms with Gasteiger partial charge in [-0.3, -0.25) is 4.79 Å². The molecule has 0 aliphatic rings. The number of phenols is 1. The third kappa shape index (κ3) is 2.91. The second-order valence-corrected chi connectivity index (χ2v) is 4.85. The van der Waals surface area contributed by atoms with Gasteiger partial charge in [-0.05, 0) is 30.3 Å². The Morgan fingerprint density at radius 2 is 2.10 bits per heavy atom. The number of rotatable bonds is 3. The van der Waals surface area contributed by atoms with Gasteiger partial charge in [-0.1, -0.05) is 22.0 Å². The van der Waals surface area contributed by atoms with E-state index in [0.717, 1.165) is 0 Å². The van der Waals surface area contributed by atoms with E-state index in [9.17, 15) is 14.3 Å². The summed E-state index contributed by atoms with van der Waals surface area (Å²) in [5.74, 6) is -1.31. The molecule has 0 unspecified atom stereocenters. The number of carbonyl (C=O) groups excluding carboxylic acids is 1. The maximum atomic E-state index is 13.6. The minimum atomic E-state index is -0.626. The van der Waals surface area contributed by atoms with Gasteiger partial charge in [-0.25, -0.2) is 4.39 Å². The van der Waals surface area contributed by atoms with Crippen molar-refractivity contribution in [3.63, 3.8) is 0 Å². The van der Waals surface area contributed by atoms with Gasteiger partial charge in [0.1, 0.15) is 5.82 Å². The number of ether oxygens (including phenoxy) is 1. The number of halogens is 2. The van der Waals surface area contributed by atoms with E-state index in [-0.39, 0.29) is 22.7 Å². The van der Waals surface area contributed by atoms with Gasteiger partial charge in [-0.15, -0.1) is 0 Å². The summed E-state index contributed by atoms with van der Waals surface area (Å²) in [5.41, 5.74) is 0.0234. The van der Waals surface area contributed by atoms with Crippen LogP contribution < -0.4 is 10.1 Å². The zero-order valence-corrected chi connectivity index (χ0v) is 12.1. The van der Waals surface area contributed by atoms with E-state index in [1.54, 1.807) is 6.07 Å². The minimum Gasteiger partial charge on any atom is -0.504 e. The van der Waals surface area contributed by atoms with Crippen LogP contribution in [0, 0.1) is 5.82 Å². The van der Waals surface area contributed by atoms with Gasteiger partial charge in [0.05, 0.1) is 18.4 Å². The Kier molecular flexibility index (Phi) is 4.24. The van der Waals surface area contributed by atoms with Crippen molar-refractivity contribution >= 4 is 27.5 Å². The molecule has 6 heteroatoms. The second-order valence-electron chi connectivity index (χ2n) is 3.93. The fourth-order valence-corrected chi connectivity index (χ4v) is 2.01. The second kappa shape index (κ2) is 5.92. The lowest BCUT2D eigenvalue weighted by Gasteiger charge is -2.10. The number of aromatic hydroxyl groups is 1. The molecule has 2 aromatic carbocycles. The topological polar surface area (TPSA) is 58.6 Å². The first-order valence-corrected chi connectivity index (χ1v) is 6.44. The zero-order valence-electron chi connectivity index (χ0n) is 10.5. The maximum absolute atomic E-state index is 13.6. The van der Waals surface area contributed by atoms with Crippen LogP contribution in [0.2, 0.25) is 0 Å². The Morgan fingerprint density at radius 3 is 2.80 bits per heavy atom. The van der Waals surface area contributed by atoms with Gasteiger partial charge in [0.15, 0.2) is 11.5 Å². The van der Waals surface area contributed by atoms with Crippen molar-refractivity contribution in [2.24, 2.45) is 0 Å². The minimum absolute atomic E-state index is 0.00345. The summed E-state index contributed by atoms with van der Waals surface area (Å²) in [6.45, 7) is 0. The Hall–Kier alpha value is -2.08. The van der Waals surface area contributed by atoms with Crippen molar-refractivity contribution in [1.82, 2.24) is 0 Å². The predicted octanol–water partition coefficient (Wildman–Crippen LogP) is 3.55. The largest absolute Gasteiger partial charge is 0.504 e. The molecule has 1 amide bonds. The Morgan fingerprint density at radius 1 is 1.35 bits per heavy atom. The fraction of sp³-hybridized carbons (Fsp3) is 0.0714. The Bertz CT molecular complexity index is 661. The molecule has 0 saturated heterocycles. The molecule has 0 aromatic heterocycles. The smallest absolute Gasteiger partial charge is 0.259 e. The van der Waals surface area contributed by atoms with E-state index >= 15 is 0 Å². The lowest BCUT2D eigenvalue weighted by molar-refractivity contribution is 0.102. The number of phenolic OH excluding ortho intramolecular Hbond substituents is 1. The van der Waals surface area contributed by atoms with Crippen LogP contribution in [-0.4, -0.2) is 18.1 Å². The molecule has 0 aliphatic carbocycles. The van der Waals surface area contributed by atoms with Gasteiger partial charge >= 0.3 is 0 Å². The molecule has 2 N–H and O–H groups in total. The highest BCUT2D eigenvalue weighted by Gasteiger charge is 2.16. The summed E-state index contributed by atoms with van der Waals surface area (Å²) in [7, 11) is 1.38. The van der Waals surface area contributed by atoms with Gasteiger partial charge in [0, 0.05) is 4.47 Å². The lowest BCUT2D eigenvalue weighted by Crippen LogP contribution is -2.13. The Balaban J connectivity index is 2.31. The first-order valence-electron chi connectivity index (χ1n) is 5.65. The molecule has 0 saturated carbocycles. The van der Waals surface area contributed by atoms with Crippen molar-refractivity contribution in [3.8, 4) is 11.5 Å². The van der Waals surface area contributed by atoms with Crippen LogP contribution in [-0.2, 0) is 0 Å². The first-order chi connectivity index (χ1) is 9.52. The molecule has 0 heterocycles. The SMILES string of the molecule is COc1cccc(C(=O)Nc2cc(Br)ccc2F)c1O. The van der Waals surface area contributed by atoms with Crippen molar-refractivity contribution in [2.45, 2.75) is 0 Å². The van der Waals surface area contributed by atoms with Crippen molar-refractivity contribution in [3.05, 3.63) is 52.3 Å². The Labute approximate surface area is 123 Å². The third-order valence-corrected chi connectivity index (χ3v) is 3.13. The van der Waals surface area contributed by atoms with Crippen molar-refractivity contribution < 1.29 is 19.0 Å². The monoisotopic (exact) mass is 339 g/mol. The highest BCUT2D eigenvalue weighted by atomic mass is 79.9. The van der Waals surface area contributed by atoms with Crippen molar-refractivity contribution in [2.75, 3.05) is 12.4 Å². The van der Waals surface area contributed by atoms with E-state index in [1.165, 1.54) is 37.4 Å². The number of amides is 1. The van der Waals surface area contributed by atoms with Crippen LogP contribution in [0.3, 0.4) is 0 Å². The maximum Gasteiger partial charge on any atom is 0.259 e. The number of anilines is 1. The number of hydrogen-bond acceptors (Lipinski definition) is 3. The van der Waals surface area contributed by atoms with E-state index in [0.29, 0.717) is 4.47 Å². The highest BCUT2D eigenvalue weighted by Crippen LogP contribution is 2.30. The molecule has 0 bridgehead atoms. The average Bonchev–Trinajstić information content (AvgIpc) is 2.43. The molecule has 2 rings (SSSR count). The first kappa shape index (κ1) is 14.3. The van der Waals surface area contributed by atoms with E-state index in [4.69, 9.17) is 4.74 Å². The van der Waals surface area contributed by atoms with Crippen LogP contribution in [0.1, 0.15) is 10.4 Å². The zero-order chi connectivity index (χ0) is 14.7. The molecule has 0 radical (unpaired) electrons. The molecule has 0 aliphatic heterocycles. The molecular formula is C14H11BrFNO3. The molecular weight excluding hydrogens is 329 g/mol. The van der Waals surface area contributed by atoms with Gasteiger partial charge < -0.3 is 15.2 Å². The molecule has 0 fully saturated rings. The number of benzene rings is 2. The van der Waals surface area contributed by atoms with E-state index in [1.807, 2.05) is 0 Å². The van der Waals surface area contributed by atoms with Gasteiger partial charge in [0.25, 0.3) is 5.91 Å². The number of carbonyl (C=O) groups is 1. The van der Waals surface area contributed by atoms with E-state index in [2.05, 4.69) is 21.2 Å². The normalized spacial score (nSPS) is 10.2. The summed E-state index contributed by atoms with van der Waals surface area (Å²) < 4.78 is 19.1. The number of hydrogen-bond donors (Lipinski definition) is 2. The average molecular weight is 340 g/mol. The highest BCUT2D eigenvalue weighted by molar-refractivity contribution is 9.10. The van der Waals surface area contributed by atoms with Gasteiger partial charge in [-0.2, -0.15) is 0 Å². The molecule has 104 valence electrons. The molecule has 0 atom stereocenters. The number of para-hydroxylation sites is 1. The van der Waals surface area contributed by atoms with Crippen LogP contribution in [0.4, 0.5) is 10.1 Å². The van der Waals surface area contributed by atoms with Crippen LogP contribution >= 0.6 is 15.9 Å². The van der Waals surface area contributed by atoms with Crippen LogP contribution in [0.5, 0.6) is 11.5 Å². The van der Waals surface area contributed by atoms with E-state index < -0.39 is 11.7 Å². The summed E-state index contributed by atoms with van der Waals surface area (Å²) in [6, 6.07) is 8.68. The van der Waals surface area contributed by atoms with Gasteiger partial charge in [0.2, 0.25) is 0 Å². The number of nitrogens with one attached hydrogen (secondary N) is 1. The quantitative estimate of drug-likeness (QED) is 0.898. The van der Waals surface area contributed by atoms with Crippen molar-refractivity contribution in [1.29, 1.82) is 0 Å². The third-order valence-electron chi connectivity index (χ3n) is 2.64. The lowest BCUT2D eigenvalue weighted by atomic mass is 10.1. The summed E-state index contributed by atoms with van der Waals surface area (Å²) in [5, 5.41) is 12.3. The summed E-state index contributed by atoms with van der Waals surface area (Å²) >= 11 is 3.19. The molecule has 2 aromatic rings. The van der Waals surface area contributed by atoms with Crippen LogP contribution in [0.25, 0.3) is 0 Å². The molecule has 20 heavy (non-hydrogen) atoms. The number of methoxy groups -OCH3 is 1. The van der Waals surface area contributed by atoms with Crippen LogP contribution in [0.15, 0.2) is 40.9 Å². The molecule has 4 nitrogen and oxygen atoms in total. The fourth-order valence-electron chi connectivity index (χ4n) is 1.65.